The average Bonchev–Trinajstić information content (AvgIpc) is 2.79. The van der Waals surface area contributed by atoms with Crippen LogP contribution < -0.4 is 14.8 Å². The maximum absolute atomic E-state index is 12.8. The van der Waals surface area contributed by atoms with Crippen molar-refractivity contribution in [2.45, 2.75) is 11.8 Å². The molecular weight excluding hydrogens is 450 g/mol. The van der Waals surface area contributed by atoms with Crippen molar-refractivity contribution in [3.63, 3.8) is 0 Å². The first kappa shape index (κ1) is 23.4. The van der Waals surface area contributed by atoms with Crippen molar-refractivity contribution in [3.8, 4) is 5.75 Å². The molecule has 0 aromatic heterocycles. The van der Waals surface area contributed by atoms with Crippen molar-refractivity contribution in [2.24, 2.45) is 0 Å². The Kier molecular flexibility index (Phi) is 6.73. The van der Waals surface area contributed by atoms with Gasteiger partial charge in [-0.2, -0.15) is 0 Å². The summed E-state index contributed by atoms with van der Waals surface area (Å²) in [7, 11) is -2.82. The van der Waals surface area contributed by atoms with Crippen molar-refractivity contribution in [3.05, 3.63) is 88.0 Å². The lowest BCUT2D eigenvalue weighted by molar-refractivity contribution is -0.384. The zero-order valence-corrected chi connectivity index (χ0v) is 18.4. The van der Waals surface area contributed by atoms with E-state index in [0.717, 1.165) is 6.07 Å². The Hall–Kier alpha value is -4.25. The third-order valence-electron chi connectivity index (χ3n) is 4.59. The summed E-state index contributed by atoms with van der Waals surface area (Å²) in [6.07, 6.45) is 0. The second-order valence-corrected chi connectivity index (χ2v) is 8.55. The molecule has 170 valence electrons. The molecule has 3 rings (SSSR count). The van der Waals surface area contributed by atoms with E-state index in [1.54, 1.807) is 18.2 Å². The quantitative estimate of drug-likeness (QED) is 0.289. The number of nitrogens with zero attached hydrogens (tertiary/aromatic N) is 1. The Bertz CT molecular complexity index is 1340. The summed E-state index contributed by atoms with van der Waals surface area (Å²) < 4.78 is 32.8. The average molecular weight is 469 g/mol. The molecule has 3 aromatic rings. The summed E-state index contributed by atoms with van der Waals surface area (Å²) in [5.74, 6) is -0.533. The largest absolute Gasteiger partial charge is 0.495 e. The zero-order chi connectivity index (χ0) is 24.2. The van der Waals surface area contributed by atoms with Crippen molar-refractivity contribution in [2.75, 3.05) is 17.1 Å². The number of anilines is 2. The van der Waals surface area contributed by atoms with Gasteiger partial charge in [0.2, 0.25) is 0 Å². The third kappa shape index (κ3) is 5.52. The first-order valence-electron chi connectivity index (χ1n) is 9.48. The number of Topliss-reactive ketones (excluding diaryl/α,β-unsaturated/α-hetero) is 1. The number of nitro benzene ring substituents is 1. The molecule has 0 fully saturated rings. The van der Waals surface area contributed by atoms with E-state index < -0.39 is 20.9 Å². The molecular formula is C22H19N3O7S. The van der Waals surface area contributed by atoms with Gasteiger partial charge < -0.3 is 10.1 Å². The van der Waals surface area contributed by atoms with Crippen LogP contribution in [0.5, 0.6) is 5.75 Å². The molecule has 0 aliphatic heterocycles. The van der Waals surface area contributed by atoms with Crippen LogP contribution in [0, 0.1) is 10.1 Å². The van der Waals surface area contributed by atoms with Crippen LogP contribution in [0.15, 0.2) is 71.6 Å². The van der Waals surface area contributed by atoms with Gasteiger partial charge in [-0.05, 0) is 49.4 Å². The SMILES string of the molecule is COc1ccc([N+](=O)[O-])cc1NS(=O)(=O)c1ccc(C(=O)Nc2cccc(C(C)=O)c2)cc1. The highest BCUT2D eigenvalue weighted by molar-refractivity contribution is 7.92. The lowest BCUT2D eigenvalue weighted by Crippen LogP contribution is -2.15. The number of ketones is 1. The monoisotopic (exact) mass is 469 g/mol. The standard InChI is InChI=1S/C22H19N3O7S/c1-14(26)16-4-3-5-17(12-16)23-22(27)15-6-9-19(10-7-15)33(30,31)24-20-13-18(25(28)29)8-11-21(20)32-2/h3-13,24H,1-2H3,(H,23,27). The summed E-state index contributed by atoms with van der Waals surface area (Å²) in [5, 5.41) is 13.7. The summed E-state index contributed by atoms with van der Waals surface area (Å²) in [6, 6.07) is 15.0. The van der Waals surface area contributed by atoms with Gasteiger partial charge in [0.15, 0.2) is 5.78 Å². The van der Waals surface area contributed by atoms with Gasteiger partial charge in [0.25, 0.3) is 21.6 Å². The number of carbonyl (C=O) groups is 2. The number of benzene rings is 3. The van der Waals surface area contributed by atoms with Crippen molar-refractivity contribution in [1.29, 1.82) is 0 Å². The van der Waals surface area contributed by atoms with Gasteiger partial charge in [-0.1, -0.05) is 12.1 Å². The number of nitrogens with one attached hydrogen (secondary N) is 2. The van der Waals surface area contributed by atoms with Gasteiger partial charge >= 0.3 is 0 Å². The van der Waals surface area contributed by atoms with Gasteiger partial charge in [0, 0.05) is 28.9 Å². The number of hydrogen-bond donors (Lipinski definition) is 2. The van der Waals surface area contributed by atoms with E-state index in [4.69, 9.17) is 4.74 Å². The molecule has 0 spiro atoms. The smallest absolute Gasteiger partial charge is 0.271 e. The number of hydrogen-bond acceptors (Lipinski definition) is 7. The van der Waals surface area contributed by atoms with Crippen molar-refractivity contribution >= 4 is 38.8 Å². The molecule has 0 heterocycles. The molecule has 0 radical (unpaired) electrons. The Morgan fingerprint density at radius 2 is 1.67 bits per heavy atom. The molecule has 3 aromatic carbocycles. The molecule has 11 heteroatoms. The fraction of sp³-hybridized carbons (Fsp3) is 0.0909. The number of sulfonamides is 1. The number of amides is 1. The molecule has 0 unspecified atom stereocenters. The number of carbonyl (C=O) groups excluding carboxylic acids is 2. The van der Waals surface area contributed by atoms with Gasteiger partial charge in [-0.25, -0.2) is 8.42 Å². The minimum atomic E-state index is -4.13. The van der Waals surface area contributed by atoms with Crippen LogP contribution in [0.3, 0.4) is 0 Å². The number of methoxy groups -OCH3 is 1. The molecule has 0 saturated carbocycles. The Morgan fingerprint density at radius 3 is 2.27 bits per heavy atom. The summed E-state index contributed by atoms with van der Waals surface area (Å²) in [5.41, 5.74) is 0.643. The molecule has 10 nitrogen and oxygen atoms in total. The minimum Gasteiger partial charge on any atom is -0.495 e. The van der Waals surface area contributed by atoms with E-state index in [9.17, 15) is 28.1 Å². The van der Waals surface area contributed by atoms with Gasteiger partial charge in [0.1, 0.15) is 5.75 Å². The minimum absolute atomic E-state index is 0.0983. The Morgan fingerprint density at radius 1 is 0.970 bits per heavy atom. The fourth-order valence-corrected chi connectivity index (χ4v) is 3.96. The number of nitro groups is 1. The summed E-state index contributed by atoms with van der Waals surface area (Å²) in [6.45, 7) is 1.41. The molecule has 1 amide bonds. The Balaban J connectivity index is 1.80. The van der Waals surface area contributed by atoms with Crippen LogP contribution in [0.25, 0.3) is 0 Å². The van der Waals surface area contributed by atoms with Gasteiger partial charge in [-0.15, -0.1) is 0 Å². The molecule has 33 heavy (non-hydrogen) atoms. The van der Waals surface area contributed by atoms with Crippen LogP contribution in [0.4, 0.5) is 17.1 Å². The van der Waals surface area contributed by atoms with Crippen LogP contribution in [0.1, 0.15) is 27.6 Å². The third-order valence-corrected chi connectivity index (χ3v) is 5.97. The first-order chi connectivity index (χ1) is 15.6. The lowest BCUT2D eigenvalue weighted by atomic mass is 10.1. The van der Waals surface area contributed by atoms with Gasteiger partial charge in [0.05, 0.1) is 22.6 Å². The molecule has 0 saturated heterocycles. The second kappa shape index (κ2) is 9.49. The normalized spacial score (nSPS) is 10.8. The van der Waals surface area contributed by atoms with E-state index in [1.807, 2.05) is 0 Å². The van der Waals surface area contributed by atoms with Crippen molar-refractivity contribution < 1.29 is 27.7 Å². The Labute approximate surface area is 189 Å². The number of ether oxygens (including phenoxy) is 1. The van der Waals surface area contributed by atoms with Crippen molar-refractivity contribution in [1.82, 2.24) is 0 Å². The lowest BCUT2D eigenvalue weighted by Gasteiger charge is -2.12. The highest BCUT2D eigenvalue weighted by Gasteiger charge is 2.20. The van der Waals surface area contributed by atoms with Crippen LogP contribution in [-0.2, 0) is 10.0 Å². The van der Waals surface area contributed by atoms with E-state index in [0.29, 0.717) is 11.3 Å². The highest BCUT2D eigenvalue weighted by Crippen LogP contribution is 2.31. The van der Waals surface area contributed by atoms with Crippen LogP contribution in [-0.4, -0.2) is 32.1 Å². The predicted molar refractivity (Wildman–Crippen MR) is 121 cm³/mol. The van der Waals surface area contributed by atoms with E-state index in [1.165, 1.54) is 56.5 Å². The molecule has 0 bridgehead atoms. The number of non-ortho nitro benzene ring substituents is 1. The molecule has 0 aliphatic carbocycles. The molecule has 2 N–H and O–H groups in total. The molecule has 0 aliphatic rings. The van der Waals surface area contributed by atoms with Crippen LogP contribution in [0.2, 0.25) is 0 Å². The van der Waals surface area contributed by atoms with Gasteiger partial charge in [-0.3, -0.25) is 24.4 Å². The van der Waals surface area contributed by atoms with E-state index in [2.05, 4.69) is 10.0 Å². The maximum Gasteiger partial charge on any atom is 0.271 e. The predicted octanol–water partition coefficient (Wildman–Crippen LogP) is 3.86. The van der Waals surface area contributed by atoms with Crippen LogP contribution >= 0.6 is 0 Å². The summed E-state index contributed by atoms with van der Waals surface area (Å²) >= 11 is 0. The topological polar surface area (TPSA) is 145 Å². The fourth-order valence-electron chi connectivity index (χ4n) is 2.90. The zero-order valence-electron chi connectivity index (χ0n) is 17.6. The summed E-state index contributed by atoms with van der Waals surface area (Å²) in [4.78, 5) is 34.2. The van der Waals surface area contributed by atoms with E-state index >= 15 is 0 Å². The second-order valence-electron chi connectivity index (χ2n) is 6.86. The maximum atomic E-state index is 12.8. The highest BCUT2D eigenvalue weighted by atomic mass is 32.2. The molecule has 0 atom stereocenters. The number of rotatable bonds is 8. The van der Waals surface area contributed by atoms with E-state index in [-0.39, 0.29) is 33.4 Å². The first-order valence-corrected chi connectivity index (χ1v) is 11.0.